The lowest BCUT2D eigenvalue weighted by Gasteiger charge is -2.36. The Morgan fingerprint density at radius 1 is 1.04 bits per heavy atom. The van der Waals surface area contributed by atoms with Crippen molar-refractivity contribution in [1.29, 1.82) is 0 Å². The monoisotopic (exact) mass is 384 g/mol. The number of benzene rings is 2. The number of alkyl halides is 3. The second-order valence-electron chi connectivity index (χ2n) is 6.17. The normalized spacial score (nSPS) is 16.8. The zero-order valence-electron chi connectivity index (χ0n) is 14.7. The molecule has 0 saturated carbocycles. The van der Waals surface area contributed by atoms with Gasteiger partial charge in [-0.05, 0) is 23.8 Å². The number of rotatable bonds is 5. The highest BCUT2D eigenvalue weighted by Crippen LogP contribution is 2.37. The molecule has 8 heteroatoms. The first-order chi connectivity index (χ1) is 12.9. The van der Waals surface area contributed by atoms with Gasteiger partial charge in [-0.1, -0.05) is 24.3 Å². The highest BCUT2D eigenvalue weighted by Gasteiger charge is 2.32. The molecule has 4 nitrogen and oxygen atoms in total. The van der Waals surface area contributed by atoms with Gasteiger partial charge in [0.25, 0.3) is 0 Å². The third-order valence-corrected chi connectivity index (χ3v) is 4.44. The van der Waals surface area contributed by atoms with Crippen molar-refractivity contribution in [2.75, 3.05) is 33.3 Å². The molecule has 0 spiro atoms. The van der Waals surface area contributed by atoms with Crippen LogP contribution in [0.5, 0.6) is 11.5 Å². The van der Waals surface area contributed by atoms with Crippen molar-refractivity contribution >= 4 is 0 Å². The Hall–Kier alpha value is -2.32. The number of ether oxygens (including phenoxy) is 2. The minimum atomic E-state index is -4.74. The zero-order chi connectivity index (χ0) is 19.4. The summed E-state index contributed by atoms with van der Waals surface area (Å²) in [5.41, 5.74) is 1.36. The molecule has 0 aromatic heterocycles. The van der Waals surface area contributed by atoms with E-state index in [0.29, 0.717) is 18.7 Å². The van der Waals surface area contributed by atoms with Crippen molar-refractivity contribution in [2.45, 2.75) is 12.4 Å². The van der Waals surface area contributed by atoms with E-state index in [2.05, 4.69) is 15.0 Å². The van der Waals surface area contributed by atoms with E-state index in [1.54, 1.807) is 24.3 Å². The standard InChI is InChI=1S/C19H20F4N2O2/c1-26-18-15(3-2-4-16(18)20)17(25-11-9-24-10-12-25)13-5-7-14(8-6-13)27-19(21,22)23/h2-8,17,24H,9-12H2,1H3/t17-/m1/s1. The number of piperazine rings is 1. The summed E-state index contributed by atoms with van der Waals surface area (Å²) in [5.74, 6) is -0.639. The van der Waals surface area contributed by atoms with Crippen LogP contribution in [0, 0.1) is 5.82 Å². The Bertz CT molecular complexity index is 759. The van der Waals surface area contributed by atoms with E-state index in [9.17, 15) is 17.6 Å². The predicted molar refractivity (Wildman–Crippen MR) is 92.4 cm³/mol. The van der Waals surface area contributed by atoms with Gasteiger partial charge < -0.3 is 14.8 Å². The van der Waals surface area contributed by atoms with Gasteiger partial charge in [0.1, 0.15) is 5.75 Å². The van der Waals surface area contributed by atoms with Crippen molar-refractivity contribution in [1.82, 2.24) is 10.2 Å². The van der Waals surface area contributed by atoms with E-state index in [0.717, 1.165) is 18.7 Å². The van der Waals surface area contributed by atoms with Gasteiger partial charge in [0.05, 0.1) is 13.2 Å². The molecule has 2 aromatic carbocycles. The largest absolute Gasteiger partial charge is 0.573 e. The van der Waals surface area contributed by atoms with Gasteiger partial charge in [0.2, 0.25) is 0 Å². The number of hydrogen-bond acceptors (Lipinski definition) is 4. The van der Waals surface area contributed by atoms with E-state index in [-0.39, 0.29) is 17.5 Å². The van der Waals surface area contributed by atoms with Gasteiger partial charge in [-0.3, -0.25) is 4.90 Å². The van der Waals surface area contributed by atoms with Crippen molar-refractivity contribution in [3.05, 3.63) is 59.4 Å². The van der Waals surface area contributed by atoms with Crippen molar-refractivity contribution in [2.24, 2.45) is 0 Å². The molecule has 27 heavy (non-hydrogen) atoms. The number of para-hydroxylation sites is 1. The van der Waals surface area contributed by atoms with Crippen LogP contribution in [-0.2, 0) is 0 Å². The second kappa shape index (κ2) is 8.14. The van der Waals surface area contributed by atoms with E-state index >= 15 is 0 Å². The number of methoxy groups -OCH3 is 1. The first-order valence-corrected chi connectivity index (χ1v) is 8.52. The van der Waals surface area contributed by atoms with Crippen LogP contribution >= 0.6 is 0 Å². The van der Waals surface area contributed by atoms with E-state index in [1.165, 1.54) is 25.3 Å². The number of hydrogen-bond donors (Lipinski definition) is 1. The molecule has 1 atom stereocenters. The number of nitrogens with one attached hydrogen (secondary N) is 1. The molecule has 0 aliphatic carbocycles. The maximum Gasteiger partial charge on any atom is 0.573 e. The lowest BCUT2D eigenvalue weighted by Crippen LogP contribution is -2.45. The van der Waals surface area contributed by atoms with Crippen LogP contribution in [-0.4, -0.2) is 44.6 Å². The Labute approximate surface area is 154 Å². The summed E-state index contributed by atoms with van der Waals surface area (Å²) < 4.78 is 60.7. The smallest absolute Gasteiger partial charge is 0.493 e. The molecular weight excluding hydrogens is 364 g/mol. The van der Waals surface area contributed by atoms with E-state index in [4.69, 9.17) is 4.74 Å². The molecule has 1 heterocycles. The van der Waals surface area contributed by atoms with Crippen LogP contribution in [0.15, 0.2) is 42.5 Å². The van der Waals surface area contributed by atoms with Crippen LogP contribution in [0.2, 0.25) is 0 Å². The number of halogens is 4. The highest BCUT2D eigenvalue weighted by molar-refractivity contribution is 5.44. The molecule has 0 unspecified atom stereocenters. The molecule has 1 aliphatic rings. The van der Waals surface area contributed by atoms with Crippen molar-refractivity contribution < 1.29 is 27.0 Å². The van der Waals surface area contributed by atoms with Crippen LogP contribution in [0.4, 0.5) is 17.6 Å². The van der Waals surface area contributed by atoms with Gasteiger partial charge in [-0.2, -0.15) is 0 Å². The lowest BCUT2D eigenvalue weighted by atomic mass is 9.95. The average Bonchev–Trinajstić information content (AvgIpc) is 2.63. The minimum absolute atomic E-state index is 0.136. The molecule has 1 N–H and O–H groups in total. The molecule has 1 aliphatic heterocycles. The van der Waals surface area contributed by atoms with Crippen molar-refractivity contribution in [3.8, 4) is 11.5 Å². The van der Waals surface area contributed by atoms with Gasteiger partial charge in [0.15, 0.2) is 11.6 Å². The third-order valence-electron chi connectivity index (χ3n) is 4.44. The Balaban J connectivity index is 1.99. The highest BCUT2D eigenvalue weighted by atomic mass is 19.4. The summed E-state index contributed by atoms with van der Waals surface area (Å²) in [6.07, 6.45) is -4.74. The Kier molecular flexibility index (Phi) is 5.86. The average molecular weight is 384 g/mol. The predicted octanol–water partition coefficient (Wildman–Crippen LogP) is 3.73. The van der Waals surface area contributed by atoms with Gasteiger partial charge in [0, 0.05) is 31.7 Å². The van der Waals surface area contributed by atoms with Gasteiger partial charge >= 0.3 is 6.36 Å². The third kappa shape index (κ3) is 4.70. The maximum absolute atomic E-state index is 14.2. The summed E-state index contributed by atoms with van der Waals surface area (Å²) in [5, 5.41) is 3.26. The molecular formula is C19H20F4N2O2. The zero-order valence-corrected chi connectivity index (χ0v) is 14.7. The SMILES string of the molecule is COc1c(F)cccc1[C@@H](c1ccc(OC(F)(F)F)cc1)N1CCNCC1. The fraction of sp³-hybridized carbons (Fsp3) is 0.368. The van der Waals surface area contributed by atoms with Gasteiger partial charge in [-0.25, -0.2) is 4.39 Å². The molecule has 146 valence electrons. The minimum Gasteiger partial charge on any atom is -0.493 e. The maximum atomic E-state index is 14.2. The summed E-state index contributed by atoms with van der Waals surface area (Å²) >= 11 is 0. The molecule has 0 radical (unpaired) electrons. The van der Waals surface area contributed by atoms with Crippen LogP contribution < -0.4 is 14.8 Å². The first-order valence-electron chi connectivity index (χ1n) is 8.52. The summed E-state index contributed by atoms with van der Waals surface area (Å²) in [6.45, 7) is 2.96. The molecule has 1 fully saturated rings. The molecule has 3 rings (SSSR count). The fourth-order valence-electron chi connectivity index (χ4n) is 3.34. The molecule has 1 saturated heterocycles. The summed E-state index contributed by atoms with van der Waals surface area (Å²) in [7, 11) is 1.40. The summed E-state index contributed by atoms with van der Waals surface area (Å²) in [6, 6.07) is 10.0. The lowest BCUT2D eigenvalue weighted by molar-refractivity contribution is -0.274. The quantitative estimate of drug-likeness (QED) is 0.797. The van der Waals surface area contributed by atoms with E-state index in [1.807, 2.05) is 0 Å². The first kappa shape index (κ1) is 19.4. The topological polar surface area (TPSA) is 33.7 Å². The molecule has 0 amide bonds. The van der Waals surface area contributed by atoms with Crippen LogP contribution in [0.25, 0.3) is 0 Å². The van der Waals surface area contributed by atoms with Crippen LogP contribution in [0.1, 0.15) is 17.2 Å². The fourth-order valence-corrected chi connectivity index (χ4v) is 3.34. The number of nitrogens with zero attached hydrogens (tertiary/aromatic N) is 1. The molecule has 0 bridgehead atoms. The molecule has 2 aromatic rings. The van der Waals surface area contributed by atoms with Gasteiger partial charge in [-0.15, -0.1) is 13.2 Å². The Morgan fingerprint density at radius 2 is 1.70 bits per heavy atom. The Morgan fingerprint density at radius 3 is 2.30 bits per heavy atom. The van der Waals surface area contributed by atoms with Crippen molar-refractivity contribution in [3.63, 3.8) is 0 Å². The summed E-state index contributed by atoms with van der Waals surface area (Å²) in [4.78, 5) is 2.15. The van der Waals surface area contributed by atoms with Crippen LogP contribution in [0.3, 0.4) is 0 Å². The van der Waals surface area contributed by atoms with E-state index < -0.39 is 12.2 Å². The second-order valence-corrected chi connectivity index (χ2v) is 6.17.